The predicted octanol–water partition coefficient (Wildman–Crippen LogP) is 2.48. The summed E-state index contributed by atoms with van der Waals surface area (Å²) in [6.45, 7) is 2.77. The topological polar surface area (TPSA) is 29.3 Å². The second-order valence-corrected chi connectivity index (χ2v) is 6.19. The van der Waals surface area contributed by atoms with Gasteiger partial charge in [0, 0.05) is 24.6 Å². The molecule has 0 spiro atoms. The van der Waals surface area contributed by atoms with E-state index in [0.29, 0.717) is 17.5 Å². The number of para-hydroxylation sites is 1. The maximum atomic E-state index is 13.8. The number of hydrogen-bond acceptors (Lipinski definition) is 3. The Balaban J connectivity index is 2.30. The summed E-state index contributed by atoms with van der Waals surface area (Å²) in [5.41, 5.74) is 6.48. The van der Waals surface area contributed by atoms with Crippen molar-refractivity contribution in [3.8, 4) is 0 Å². The molecule has 2 nitrogen and oxygen atoms in total. The standard InChI is InChI=1S/C13H19FN2S/c1-10-7-13(8-15,9-17-10)16(2)12-6-4-3-5-11(12)14/h3-6,10H,7-9,15H2,1-2H3. The molecule has 1 heterocycles. The van der Waals surface area contributed by atoms with Crippen LogP contribution < -0.4 is 10.6 Å². The second-order valence-electron chi connectivity index (χ2n) is 4.76. The zero-order valence-electron chi connectivity index (χ0n) is 10.3. The van der Waals surface area contributed by atoms with Crippen molar-refractivity contribution >= 4 is 17.4 Å². The van der Waals surface area contributed by atoms with Crippen LogP contribution in [0.5, 0.6) is 0 Å². The van der Waals surface area contributed by atoms with Crippen LogP contribution in [0.1, 0.15) is 13.3 Å². The van der Waals surface area contributed by atoms with E-state index in [1.54, 1.807) is 6.07 Å². The lowest BCUT2D eigenvalue weighted by atomic mass is 9.93. The molecule has 1 aromatic carbocycles. The normalized spacial score (nSPS) is 28.4. The van der Waals surface area contributed by atoms with Crippen LogP contribution in [0, 0.1) is 5.82 Å². The lowest BCUT2D eigenvalue weighted by molar-refractivity contribution is 0.440. The molecule has 1 aromatic rings. The highest BCUT2D eigenvalue weighted by Gasteiger charge is 2.41. The summed E-state index contributed by atoms with van der Waals surface area (Å²) in [4.78, 5) is 2.03. The molecule has 0 amide bonds. The highest BCUT2D eigenvalue weighted by Crippen LogP contribution is 2.39. The monoisotopic (exact) mass is 254 g/mol. The number of nitrogens with zero attached hydrogens (tertiary/aromatic N) is 1. The average molecular weight is 254 g/mol. The first kappa shape index (κ1) is 12.7. The van der Waals surface area contributed by atoms with Crippen molar-refractivity contribution in [3.63, 3.8) is 0 Å². The fraction of sp³-hybridized carbons (Fsp3) is 0.538. The van der Waals surface area contributed by atoms with Gasteiger partial charge in [-0.25, -0.2) is 4.39 Å². The molecule has 0 bridgehead atoms. The summed E-state index contributed by atoms with van der Waals surface area (Å²) in [6.07, 6.45) is 1.01. The predicted molar refractivity (Wildman–Crippen MR) is 73.1 cm³/mol. The van der Waals surface area contributed by atoms with Gasteiger partial charge in [-0.15, -0.1) is 0 Å². The van der Waals surface area contributed by atoms with Gasteiger partial charge in [-0.1, -0.05) is 19.1 Å². The first-order valence-corrected chi connectivity index (χ1v) is 6.94. The van der Waals surface area contributed by atoms with Gasteiger partial charge < -0.3 is 10.6 Å². The van der Waals surface area contributed by atoms with Crippen LogP contribution in [0.25, 0.3) is 0 Å². The lowest BCUT2D eigenvalue weighted by Crippen LogP contribution is -2.53. The van der Waals surface area contributed by atoms with Gasteiger partial charge >= 0.3 is 0 Å². The zero-order chi connectivity index (χ0) is 12.5. The molecule has 1 aliphatic heterocycles. The fourth-order valence-corrected chi connectivity index (χ4v) is 3.89. The third kappa shape index (κ3) is 2.29. The Morgan fingerprint density at radius 2 is 2.24 bits per heavy atom. The van der Waals surface area contributed by atoms with Crippen LogP contribution in [0.2, 0.25) is 0 Å². The Bertz CT molecular complexity index is 399. The molecule has 0 aromatic heterocycles. The molecule has 4 heteroatoms. The van der Waals surface area contributed by atoms with E-state index in [2.05, 4.69) is 6.92 Å². The number of nitrogens with two attached hydrogens (primary N) is 1. The zero-order valence-corrected chi connectivity index (χ0v) is 11.1. The number of likely N-dealkylation sites (N-methyl/N-ethyl adjacent to an activating group) is 1. The maximum absolute atomic E-state index is 13.8. The molecule has 2 N–H and O–H groups in total. The van der Waals surface area contributed by atoms with Crippen LogP contribution in [-0.4, -0.2) is 30.1 Å². The maximum Gasteiger partial charge on any atom is 0.146 e. The highest BCUT2D eigenvalue weighted by molar-refractivity contribution is 8.00. The summed E-state index contributed by atoms with van der Waals surface area (Å²) in [5.74, 6) is 0.794. The molecule has 0 aliphatic carbocycles. The number of thioether (sulfide) groups is 1. The van der Waals surface area contributed by atoms with E-state index in [9.17, 15) is 4.39 Å². The molecule has 1 fully saturated rings. The number of halogens is 1. The highest BCUT2D eigenvalue weighted by atomic mass is 32.2. The Morgan fingerprint density at radius 3 is 2.76 bits per heavy atom. The van der Waals surface area contributed by atoms with Gasteiger partial charge in [-0.05, 0) is 18.6 Å². The van der Waals surface area contributed by atoms with Crippen LogP contribution in [0.15, 0.2) is 24.3 Å². The molecule has 94 valence electrons. The van der Waals surface area contributed by atoms with E-state index in [4.69, 9.17) is 5.73 Å². The summed E-state index contributed by atoms with van der Waals surface area (Å²) in [5, 5.41) is 0.591. The van der Waals surface area contributed by atoms with E-state index >= 15 is 0 Å². The van der Waals surface area contributed by atoms with Crippen molar-refractivity contribution in [2.24, 2.45) is 5.73 Å². The van der Waals surface area contributed by atoms with Crippen LogP contribution >= 0.6 is 11.8 Å². The smallest absolute Gasteiger partial charge is 0.146 e. The van der Waals surface area contributed by atoms with Crippen molar-refractivity contribution in [2.45, 2.75) is 24.1 Å². The molecule has 1 saturated heterocycles. The molecule has 17 heavy (non-hydrogen) atoms. The molecule has 1 aliphatic rings. The van der Waals surface area contributed by atoms with Gasteiger partial charge in [0.25, 0.3) is 0 Å². The average Bonchev–Trinajstić information content (AvgIpc) is 2.72. The first-order valence-electron chi connectivity index (χ1n) is 5.89. The van der Waals surface area contributed by atoms with Crippen molar-refractivity contribution in [3.05, 3.63) is 30.1 Å². The largest absolute Gasteiger partial charge is 0.364 e. The molecule has 0 saturated carbocycles. The molecular formula is C13H19FN2S. The van der Waals surface area contributed by atoms with Crippen LogP contribution in [-0.2, 0) is 0 Å². The number of benzene rings is 1. The third-order valence-corrected chi connectivity index (χ3v) is 5.05. The van der Waals surface area contributed by atoms with Gasteiger partial charge in [0.2, 0.25) is 0 Å². The Morgan fingerprint density at radius 1 is 1.53 bits per heavy atom. The van der Waals surface area contributed by atoms with E-state index < -0.39 is 0 Å². The Hall–Kier alpha value is -0.740. The minimum atomic E-state index is -0.174. The van der Waals surface area contributed by atoms with Crippen molar-refractivity contribution < 1.29 is 4.39 Å². The van der Waals surface area contributed by atoms with Gasteiger partial charge in [0.15, 0.2) is 0 Å². The summed E-state index contributed by atoms with van der Waals surface area (Å²) < 4.78 is 13.8. The first-order chi connectivity index (χ1) is 8.09. The molecule has 0 radical (unpaired) electrons. The van der Waals surface area contributed by atoms with Crippen molar-refractivity contribution in [1.29, 1.82) is 0 Å². The molecular weight excluding hydrogens is 235 g/mol. The second kappa shape index (κ2) is 4.86. The van der Waals surface area contributed by atoms with E-state index in [1.807, 2.05) is 35.8 Å². The van der Waals surface area contributed by atoms with Crippen molar-refractivity contribution in [1.82, 2.24) is 0 Å². The van der Waals surface area contributed by atoms with Gasteiger partial charge in [-0.3, -0.25) is 0 Å². The summed E-state index contributed by atoms with van der Waals surface area (Å²) in [6, 6.07) is 6.90. The van der Waals surface area contributed by atoms with Gasteiger partial charge in [0.1, 0.15) is 5.82 Å². The minimum Gasteiger partial charge on any atom is -0.364 e. The van der Waals surface area contributed by atoms with Crippen LogP contribution in [0.3, 0.4) is 0 Å². The van der Waals surface area contributed by atoms with E-state index in [0.717, 1.165) is 12.2 Å². The SMILES string of the molecule is CC1CC(CN)(N(C)c2ccccc2F)CS1. The van der Waals surface area contributed by atoms with Crippen molar-refractivity contribution in [2.75, 3.05) is 24.2 Å². The summed E-state index contributed by atoms with van der Waals surface area (Å²) >= 11 is 1.91. The quantitative estimate of drug-likeness (QED) is 0.898. The molecule has 2 atom stereocenters. The summed E-state index contributed by atoms with van der Waals surface area (Å²) in [7, 11) is 1.95. The fourth-order valence-electron chi connectivity index (χ4n) is 2.44. The van der Waals surface area contributed by atoms with Gasteiger partial charge in [-0.2, -0.15) is 11.8 Å². The van der Waals surface area contributed by atoms with E-state index in [1.165, 1.54) is 6.07 Å². The van der Waals surface area contributed by atoms with E-state index in [-0.39, 0.29) is 11.4 Å². The van der Waals surface area contributed by atoms with Crippen LogP contribution in [0.4, 0.5) is 10.1 Å². The number of hydrogen-bond donors (Lipinski definition) is 1. The minimum absolute atomic E-state index is 0.105. The Labute approximate surface area is 106 Å². The van der Waals surface area contributed by atoms with Gasteiger partial charge in [0.05, 0.1) is 11.2 Å². The lowest BCUT2D eigenvalue weighted by Gasteiger charge is -2.39. The Kier molecular flexibility index (Phi) is 3.64. The number of rotatable bonds is 3. The third-order valence-electron chi connectivity index (χ3n) is 3.61. The molecule has 2 unspecified atom stereocenters. The molecule has 2 rings (SSSR count). The number of anilines is 1.